The second-order valence-corrected chi connectivity index (χ2v) is 7.49. The molecule has 0 spiro atoms. The van der Waals surface area contributed by atoms with Crippen molar-refractivity contribution in [1.29, 1.82) is 0 Å². The molecule has 0 radical (unpaired) electrons. The molecule has 0 saturated heterocycles. The summed E-state index contributed by atoms with van der Waals surface area (Å²) in [6.45, 7) is 2.00. The Bertz CT molecular complexity index is 1300. The zero-order valence-electron chi connectivity index (χ0n) is 15.2. The summed E-state index contributed by atoms with van der Waals surface area (Å²) >= 11 is 9.45. The van der Waals surface area contributed by atoms with E-state index in [1.54, 1.807) is 18.2 Å². The number of aromatic nitrogens is 2. The van der Waals surface area contributed by atoms with Crippen molar-refractivity contribution < 1.29 is 13.9 Å². The Morgan fingerprint density at radius 3 is 2.93 bits per heavy atom. The van der Waals surface area contributed by atoms with Crippen LogP contribution < -0.4 is 15.6 Å². The molecule has 7 nitrogen and oxygen atoms in total. The molecule has 0 unspecified atom stereocenters. The number of rotatable bonds is 5. The molecule has 0 aliphatic heterocycles. The van der Waals surface area contributed by atoms with E-state index >= 15 is 0 Å². The third-order valence-corrected chi connectivity index (χ3v) is 5.04. The first-order chi connectivity index (χ1) is 14.0. The fourth-order valence-electron chi connectivity index (χ4n) is 3.02. The normalized spacial score (nSPS) is 11.1. The Kier molecular flexibility index (Phi) is 5.29. The molecule has 0 aliphatic rings. The first-order valence-electron chi connectivity index (χ1n) is 8.76. The molecule has 2 heterocycles. The van der Waals surface area contributed by atoms with Gasteiger partial charge in [0.25, 0.3) is 5.56 Å². The van der Waals surface area contributed by atoms with Crippen LogP contribution in [0.2, 0.25) is 5.02 Å². The van der Waals surface area contributed by atoms with E-state index in [-0.39, 0.29) is 12.1 Å². The monoisotopic (exact) mass is 475 g/mol. The maximum absolute atomic E-state index is 12.8. The molecule has 1 N–H and O–H groups in total. The predicted octanol–water partition coefficient (Wildman–Crippen LogP) is 4.60. The zero-order valence-corrected chi connectivity index (χ0v) is 17.6. The van der Waals surface area contributed by atoms with E-state index in [1.807, 2.05) is 25.1 Å². The van der Waals surface area contributed by atoms with E-state index in [9.17, 15) is 9.59 Å². The number of halogens is 2. The molecule has 0 saturated carbocycles. The van der Waals surface area contributed by atoms with Crippen molar-refractivity contribution in [3.63, 3.8) is 0 Å². The molecule has 0 fully saturated rings. The number of benzene rings is 2. The minimum Gasteiger partial charge on any atom is -0.491 e. The van der Waals surface area contributed by atoms with Crippen molar-refractivity contribution >= 4 is 61.2 Å². The number of amides is 1. The lowest BCUT2D eigenvalue weighted by Crippen LogP contribution is -2.27. The Labute approximate surface area is 178 Å². The summed E-state index contributed by atoms with van der Waals surface area (Å²) in [4.78, 5) is 29.6. The Morgan fingerprint density at radius 2 is 2.14 bits per heavy atom. The molecule has 1 amide bonds. The maximum Gasteiger partial charge on any atom is 0.297 e. The van der Waals surface area contributed by atoms with Crippen LogP contribution in [0.1, 0.15) is 6.92 Å². The van der Waals surface area contributed by atoms with Gasteiger partial charge in [0.15, 0.2) is 5.75 Å². The average Bonchev–Trinajstić information content (AvgIpc) is 3.06. The highest BCUT2D eigenvalue weighted by atomic mass is 79.9. The van der Waals surface area contributed by atoms with Gasteiger partial charge in [-0.1, -0.05) is 23.7 Å². The van der Waals surface area contributed by atoms with Gasteiger partial charge < -0.3 is 14.5 Å². The van der Waals surface area contributed by atoms with Gasteiger partial charge in [0.2, 0.25) is 11.5 Å². The molecular formula is C20H15BrClN3O4. The number of para-hydroxylation sites is 1. The van der Waals surface area contributed by atoms with Gasteiger partial charge in [0.05, 0.1) is 23.1 Å². The standard InChI is InChI=1S/C20H15BrClN3O4/c1-2-28-18-13(21)7-11(22)8-14(18)24-16(26)9-25-10-23-17-12-5-3-4-6-15(12)29-19(17)20(25)27/h3-8,10H,2,9H2,1H3,(H,24,26). The number of fused-ring (bicyclic) bond motifs is 3. The van der Waals surface area contributed by atoms with E-state index in [0.29, 0.717) is 38.6 Å². The van der Waals surface area contributed by atoms with E-state index in [4.69, 9.17) is 20.8 Å². The summed E-state index contributed by atoms with van der Waals surface area (Å²) in [5.74, 6) is 0.0305. The lowest BCUT2D eigenvalue weighted by molar-refractivity contribution is -0.116. The smallest absolute Gasteiger partial charge is 0.297 e. The zero-order chi connectivity index (χ0) is 20.5. The molecule has 4 aromatic rings. The van der Waals surface area contributed by atoms with E-state index in [1.165, 1.54) is 10.9 Å². The van der Waals surface area contributed by atoms with Gasteiger partial charge in [0, 0.05) is 10.4 Å². The lowest BCUT2D eigenvalue weighted by atomic mass is 10.2. The van der Waals surface area contributed by atoms with E-state index in [0.717, 1.165) is 5.39 Å². The summed E-state index contributed by atoms with van der Waals surface area (Å²) < 4.78 is 13.0. The van der Waals surface area contributed by atoms with Gasteiger partial charge in [-0.3, -0.25) is 14.2 Å². The number of ether oxygens (including phenoxy) is 1. The van der Waals surface area contributed by atoms with Crippen LogP contribution in [0.5, 0.6) is 5.75 Å². The third kappa shape index (κ3) is 3.73. The molecule has 4 rings (SSSR count). The molecule has 9 heteroatoms. The van der Waals surface area contributed by atoms with Crippen LogP contribution in [-0.2, 0) is 11.3 Å². The molecule has 29 heavy (non-hydrogen) atoms. The second kappa shape index (κ2) is 7.88. The number of hydrogen-bond donors (Lipinski definition) is 1. The van der Waals surface area contributed by atoms with E-state index in [2.05, 4.69) is 26.2 Å². The van der Waals surface area contributed by atoms with Crippen molar-refractivity contribution in [1.82, 2.24) is 9.55 Å². The van der Waals surface area contributed by atoms with Crippen molar-refractivity contribution in [2.45, 2.75) is 13.5 Å². The van der Waals surface area contributed by atoms with Gasteiger partial charge in [-0.15, -0.1) is 0 Å². The summed E-state index contributed by atoms with van der Waals surface area (Å²) in [6, 6.07) is 10.5. The first kappa shape index (κ1) is 19.5. The van der Waals surface area contributed by atoms with Crippen molar-refractivity contribution in [3.05, 3.63) is 62.6 Å². The Balaban J connectivity index is 1.64. The predicted molar refractivity (Wildman–Crippen MR) is 115 cm³/mol. The SMILES string of the molecule is CCOc1c(Br)cc(Cl)cc1NC(=O)Cn1cnc2c(oc3ccccc32)c1=O. The van der Waals surface area contributed by atoms with Crippen molar-refractivity contribution in [2.75, 3.05) is 11.9 Å². The maximum atomic E-state index is 12.8. The highest BCUT2D eigenvalue weighted by Crippen LogP contribution is 2.36. The first-order valence-corrected chi connectivity index (χ1v) is 9.93. The van der Waals surface area contributed by atoms with Crippen LogP contribution in [0.4, 0.5) is 5.69 Å². The number of hydrogen-bond acceptors (Lipinski definition) is 5. The number of nitrogens with one attached hydrogen (secondary N) is 1. The van der Waals surface area contributed by atoms with Gasteiger partial charge in [-0.2, -0.15) is 0 Å². The van der Waals surface area contributed by atoms with Crippen LogP contribution >= 0.6 is 27.5 Å². The summed E-state index contributed by atoms with van der Waals surface area (Å²) in [7, 11) is 0. The number of anilines is 1. The topological polar surface area (TPSA) is 86.4 Å². The second-order valence-electron chi connectivity index (χ2n) is 6.20. The fourth-order valence-corrected chi connectivity index (χ4v) is 3.94. The van der Waals surface area contributed by atoms with Gasteiger partial charge in [-0.25, -0.2) is 4.98 Å². The summed E-state index contributed by atoms with van der Waals surface area (Å²) in [5.41, 5.74) is 1.13. The third-order valence-electron chi connectivity index (χ3n) is 4.24. The molecule has 0 aliphatic carbocycles. The molecule has 0 atom stereocenters. The molecule has 148 valence electrons. The quantitative estimate of drug-likeness (QED) is 0.455. The molecule has 2 aromatic carbocycles. The summed E-state index contributed by atoms with van der Waals surface area (Å²) in [6.07, 6.45) is 1.34. The molecule has 2 aromatic heterocycles. The number of carbonyl (C=O) groups is 1. The lowest BCUT2D eigenvalue weighted by Gasteiger charge is -2.14. The van der Waals surface area contributed by atoms with Gasteiger partial charge in [-0.05, 0) is 47.1 Å². The van der Waals surface area contributed by atoms with Crippen molar-refractivity contribution in [3.8, 4) is 5.75 Å². The minimum absolute atomic E-state index is 0.113. The van der Waals surface area contributed by atoms with E-state index < -0.39 is 11.5 Å². The molecule has 0 bridgehead atoms. The van der Waals surface area contributed by atoms with Gasteiger partial charge >= 0.3 is 0 Å². The van der Waals surface area contributed by atoms with Crippen LogP contribution in [0.3, 0.4) is 0 Å². The van der Waals surface area contributed by atoms with Crippen LogP contribution in [-0.4, -0.2) is 22.1 Å². The number of carbonyl (C=O) groups excluding carboxylic acids is 1. The Hall–Kier alpha value is -2.84. The largest absolute Gasteiger partial charge is 0.491 e. The Morgan fingerprint density at radius 1 is 1.34 bits per heavy atom. The average molecular weight is 477 g/mol. The van der Waals surface area contributed by atoms with Crippen LogP contribution in [0, 0.1) is 0 Å². The highest BCUT2D eigenvalue weighted by molar-refractivity contribution is 9.10. The fraction of sp³-hybridized carbons (Fsp3) is 0.150. The number of furan rings is 1. The van der Waals surface area contributed by atoms with Crippen molar-refractivity contribution in [2.24, 2.45) is 0 Å². The van der Waals surface area contributed by atoms with Gasteiger partial charge in [0.1, 0.15) is 17.6 Å². The molecular weight excluding hydrogens is 462 g/mol. The minimum atomic E-state index is -0.432. The van der Waals surface area contributed by atoms with Crippen LogP contribution in [0.15, 0.2) is 56.4 Å². The van der Waals surface area contributed by atoms with Crippen LogP contribution in [0.25, 0.3) is 22.1 Å². The number of nitrogens with zero attached hydrogens (tertiary/aromatic N) is 2. The highest BCUT2D eigenvalue weighted by Gasteiger charge is 2.16. The summed E-state index contributed by atoms with van der Waals surface area (Å²) in [5, 5.41) is 3.91.